The van der Waals surface area contributed by atoms with Crippen LogP contribution >= 0.6 is 0 Å². The summed E-state index contributed by atoms with van der Waals surface area (Å²) < 4.78 is 18.8. The number of anilines is 2. The molecule has 0 bridgehead atoms. The number of hydrogen-bond donors (Lipinski definition) is 1. The Morgan fingerprint density at radius 2 is 1.79 bits per heavy atom. The van der Waals surface area contributed by atoms with Crippen LogP contribution in [0.1, 0.15) is 22.8 Å². The van der Waals surface area contributed by atoms with E-state index in [0.717, 1.165) is 5.56 Å². The maximum atomic E-state index is 13.1. The Balaban J connectivity index is 1.62. The zero-order valence-electron chi connectivity index (χ0n) is 15.8. The lowest BCUT2D eigenvalue weighted by molar-refractivity contribution is -0.125. The van der Waals surface area contributed by atoms with Crippen molar-refractivity contribution in [1.82, 2.24) is 0 Å². The van der Waals surface area contributed by atoms with Gasteiger partial charge in [0.25, 0.3) is 11.8 Å². The first-order valence-corrected chi connectivity index (χ1v) is 9.24. The monoisotopic (exact) mass is 390 g/mol. The van der Waals surface area contributed by atoms with Crippen molar-refractivity contribution in [3.63, 3.8) is 0 Å². The number of fused-ring (bicyclic) bond motifs is 1. The van der Waals surface area contributed by atoms with Gasteiger partial charge in [0.05, 0.1) is 12.2 Å². The Kier molecular flexibility index (Phi) is 4.99. The Hall–Kier alpha value is -3.67. The number of rotatable bonds is 4. The first-order valence-electron chi connectivity index (χ1n) is 9.24. The highest BCUT2D eigenvalue weighted by molar-refractivity contribution is 6.05. The van der Waals surface area contributed by atoms with Crippen molar-refractivity contribution in [2.75, 3.05) is 10.2 Å². The van der Waals surface area contributed by atoms with E-state index in [-0.39, 0.29) is 11.8 Å². The number of amides is 2. The van der Waals surface area contributed by atoms with E-state index in [9.17, 15) is 14.0 Å². The van der Waals surface area contributed by atoms with E-state index in [0.29, 0.717) is 29.2 Å². The number of benzene rings is 3. The summed E-state index contributed by atoms with van der Waals surface area (Å²) in [7, 11) is 0. The highest BCUT2D eigenvalue weighted by Gasteiger charge is 2.31. The number of nitrogens with one attached hydrogen (secondary N) is 1. The average molecular weight is 390 g/mol. The molecule has 146 valence electrons. The number of ether oxygens (including phenoxy) is 1. The molecule has 0 aromatic heterocycles. The molecule has 0 aliphatic carbocycles. The molecule has 1 aliphatic heterocycles. The van der Waals surface area contributed by atoms with Gasteiger partial charge in [-0.05, 0) is 55.0 Å². The molecule has 5 nitrogen and oxygen atoms in total. The maximum absolute atomic E-state index is 13.1. The Bertz CT molecular complexity index is 1050. The quantitative estimate of drug-likeness (QED) is 0.719. The van der Waals surface area contributed by atoms with E-state index in [1.54, 1.807) is 30.0 Å². The molecule has 29 heavy (non-hydrogen) atoms. The third-order valence-electron chi connectivity index (χ3n) is 4.72. The molecule has 1 heterocycles. The molecule has 1 N–H and O–H groups in total. The Labute approximate surface area is 167 Å². The van der Waals surface area contributed by atoms with E-state index in [2.05, 4.69) is 5.32 Å². The average Bonchev–Trinajstić information content (AvgIpc) is 2.73. The molecule has 3 aromatic carbocycles. The van der Waals surface area contributed by atoms with Gasteiger partial charge in [-0.3, -0.25) is 9.59 Å². The van der Waals surface area contributed by atoms with Crippen LogP contribution in [-0.4, -0.2) is 17.9 Å². The van der Waals surface area contributed by atoms with Crippen LogP contribution in [0.2, 0.25) is 0 Å². The summed E-state index contributed by atoms with van der Waals surface area (Å²) in [4.78, 5) is 26.9. The maximum Gasteiger partial charge on any atom is 0.268 e. The van der Waals surface area contributed by atoms with Crippen molar-refractivity contribution in [3.8, 4) is 5.75 Å². The smallest absolute Gasteiger partial charge is 0.268 e. The Morgan fingerprint density at radius 1 is 1.07 bits per heavy atom. The molecule has 4 rings (SSSR count). The van der Waals surface area contributed by atoms with E-state index in [1.807, 2.05) is 30.3 Å². The largest absolute Gasteiger partial charge is 0.479 e. The third kappa shape index (κ3) is 3.96. The molecule has 1 unspecified atom stereocenters. The molecule has 6 heteroatoms. The minimum absolute atomic E-state index is 0.150. The van der Waals surface area contributed by atoms with Gasteiger partial charge in [-0.2, -0.15) is 0 Å². The summed E-state index contributed by atoms with van der Waals surface area (Å²) in [6.07, 6.45) is -0.592. The second-order valence-corrected chi connectivity index (χ2v) is 6.81. The topological polar surface area (TPSA) is 58.6 Å². The molecule has 1 atom stereocenters. The lowest BCUT2D eigenvalue weighted by Crippen LogP contribution is -2.44. The lowest BCUT2D eigenvalue weighted by Gasteiger charge is -2.33. The van der Waals surface area contributed by atoms with Gasteiger partial charge in [-0.15, -0.1) is 0 Å². The van der Waals surface area contributed by atoms with Crippen molar-refractivity contribution in [2.45, 2.75) is 19.6 Å². The molecule has 2 amide bonds. The first kappa shape index (κ1) is 18.7. The molecule has 1 aliphatic rings. The summed E-state index contributed by atoms with van der Waals surface area (Å²) in [6.45, 7) is 2.11. The molecule has 0 saturated carbocycles. The van der Waals surface area contributed by atoms with Gasteiger partial charge in [-0.1, -0.05) is 30.3 Å². The summed E-state index contributed by atoms with van der Waals surface area (Å²) in [5, 5.41) is 2.78. The van der Waals surface area contributed by atoms with E-state index in [1.165, 1.54) is 24.3 Å². The van der Waals surface area contributed by atoms with Crippen molar-refractivity contribution in [2.24, 2.45) is 0 Å². The second-order valence-electron chi connectivity index (χ2n) is 6.81. The predicted octanol–water partition coefficient (Wildman–Crippen LogP) is 4.39. The minimum atomic E-state index is -0.592. The van der Waals surface area contributed by atoms with Gasteiger partial charge in [0.2, 0.25) is 0 Å². The normalized spacial score (nSPS) is 15.4. The van der Waals surface area contributed by atoms with Crippen LogP contribution in [0.5, 0.6) is 5.75 Å². The summed E-state index contributed by atoms with van der Waals surface area (Å²) in [5.74, 6) is -0.344. The number of carbonyl (C=O) groups excluding carboxylic acids is 2. The number of nitrogens with zero attached hydrogens (tertiary/aromatic N) is 1. The molecular weight excluding hydrogens is 371 g/mol. The van der Waals surface area contributed by atoms with Gasteiger partial charge in [0, 0.05) is 11.3 Å². The van der Waals surface area contributed by atoms with Gasteiger partial charge < -0.3 is 15.0 Å². The van der Waals surface area contributed by atoms with Gasteiger partial charge in [0.1, 0.15) is 11.6 Å². The highest BCUT2D eigenvalue weighted by atomic mass is 19.1. The van der Waals surface area contributed by atoms with E-state index >= 15 is 0 Å². The van der Waals surface area contributed by atoms with E-state index in [4.69, 9.17) is 4.74 Å². The first-order chi connectivity index (χ1) is 14.0. The van der Waals surface area contributed by atoms with Crippen LogP contribution in [0.15, 0.2) is 72.8 Å². The molecule has 0 radical (unpaired) electrons. The number of carbonyl (C=O) groups is 2. The van der Waals surface area contributed by atoms with Crippen molar-refractivity contribution < 1.29 is 18.7 Å². The summed E-state index contributed by atoms with van der Waals surface area (Å²) in [5.41, 5.74) is 2.43. The van der Waals surface area contributed by atoms with Crippen LogP contribution in [0.4, 0.5) is 15.8 Å². The van der Waals surface area contributed by atoms with Crippen molar-refractivity contribution in [1.29, 1.82) is 0 Å². The standard InChI is InChI=1S/C23H19FN2O3/c1-15-23(28)26(14-16-5-3-2-4-6-16)20-13-19(11-12-21(20)29-15)25-22(27)17-7-9-18(24)10-8-17/h2-13,15H,14H2,1H3,(H,25,27). The SMILES string of the molecule is CC1Oc2ccc(NC(=O)c3ccc(F)cc3)cc2N(Cc2ccccc2)C1=O. The van der Waals surface area contributed by atoms with Crippen molar-refractivity contribution >= 4 is 23.2 Å². The second kappa shape index (κ2) is 7.75. The number of hydrogen-bond acceptors (Lipinski definition) is 3. The summed E-state index contributed by atoms with van der Waals surface area (Å²) >= 11 is 0. The third-order valence-corrected chi connectivity index (χ3v) is 4.72. The number of halogens is 1. The molecule has 3 aromatic rings. The van der Waals surface area contributed by atoms with Crippen LogP contribution in [0.25, 0.3) is 0 Å². The van der Waals surface area contributed by atoms with Crippen LogP contribution < -0.4 is 15.0 Å². The molecular formula is C23H19FN2O3. The molecule has 0 spiro atoms. The fourth-order valence-electron chi connectivity index (χ4n) is 3.22. The van der Waals surface area contributed by atoms with Gasteiger partial charge >= 0.3 is 0 Å². The van der Waals surface area contributed by atoms with Crippen LogP contribution in [-0.2, 0) is 11.3 Å². The highest BCUT2D eigenvalue weighted by Crippen LogP contribution is 2.37. The van der Waals surface area contributed by atoms with Crippen LogP contribution in [0, 0.1) is 5.82 Å². The zero-order chi connectivity index (χ0) is 20.4. The van der Waals surface area contributed by atoms with Crippen molar-refractivity contribution in [3.05, 3.63) is 89.7 Å². The van der Waals surface area contributed by atoms with Gasteiger partial charge in [0.15, 0.2) is 6.10 Å². The van der Waals surface area contributed by atoms with E-state index < -0.39 is 11.9 Å². The molecule has 0 saturated heterocycles. The van der Waals surface area contributed by atoms with Crippen LogP contribution in [0.3, 0.4) is 0 Å². The molecule has 0 fully saturated rings. The van der Waals surface area contributed by atoms with Gasteiger partial charge in [-0.25, -0.2) is 4.39 Å². The summed E-state index contributed by atoms with van der Waals surface area (Å²) in [6, 6.07) is 20.1. The lowest BCUT2D eigenvalue weighted by atomic mass is 10.1. The zero-order valence-corrected chi connectivity index (χ0v) is 15.8. The fourth-order valence-corrected chi connectivity index (χ4v) is 3.22. The fraction of sp³-hybridized carbons (Fsp3) is 0.130. The minimum Gasteiger partial charge on any atom is -0.479 e. The predicted molar refractivity (Wildman–Crippen MR) is 109 cm³/mol. The Morgan fingerprint density at radius 3 is 2.52 bits per heavy atom.